The predicted molar refractivity (Wildman–Crippen MR) is 61.6 cm³/mol. The number of benzene rings is 1. The second kappa shape index (κ2) is 5.29. The van der Waals surface area contributed by atoms with Gasteiger partial charge in [0.25, 0.3) is 0 Å². The standard InChI is InChI=1S/C13H20O2/c1-4-13(3,14)11(2)15-10-12-8-6-5-7-9-12/h5-9,11,14H,4,10H2,1-3H3. The van der Waals surface area contributed by atoms with Crippen LogP contribution >= 0.6 is 0 Å². The van der Waals surface area contributed by atoms with Gasteiger partial charge in [0.15, 0.2) is 0 Å². The molecule has 0 aliphatic rings. The quantitative estimate of drug-likeness (QED) is 0.806. The Labute approximate surface area is 91.9 Å². The maximum Gasteiger partial charge on any atom is 0.0875 e. The van der Waals surface area contributed by atoms with Crippen molar-refractivity contribution in [1.29, 1.82) is 0 Å². The predicted octanol–water partition coefficient (Wildman–Crippen LogP) is 2.75. The Balaban J connectivity index is 2.44. The van der Waals surface area contributed by atoms with Gasteiger partial charge in [-0.2, -0.15) is 0 Å². The zero-order valence-electron chi connectivity index (χ0n) is 9.73. The summed E-state index contributed by atoms with van der Waals surface area (Å²) in [6.45, 7) is 6.23. The minimum atomic E-state index is -0.741. The van der Waals surface area contributed by atoms with E-state index in [1.54, 1.807) is 0 Å². The summed E-state index contributed by atoms with van der Waals surface area (Å²) < 4.78 is 5.63. The fraction of sp³-hybridized carbons (Fsp3) is 0.538. The third-order valence-electron chi connectivity index (χ3n) is 2.93. The van der Waals surface area contributed by atoms with Crippen LogP contribution in [0.4, 0.5) is 0 Å². The minimum absolute atomic E-state index is 0.150. The van der Waals surface area contributed by atoms with Crippen LogP contribution in [0.25, 0.3) is 0 Å². The number of aliphatic hydroxyl groups is 1. The van der Waals surface area contributed by atoms with Gasteiger partial charge in [-0.1, -0.05) is 37.3 Å². The lowest BCUT2D eigenvalue weighted by atomic mass is 9.97. The third kappa shape index (κ3) is 3.65. The van der Waals surface area contributed by atoms with Gasteiger partial charge in [0, 0.05) is 0 Å². The van der Waals surface area contributed by atoms with Crippen LogP contribution in [0.15, 0.2) is 30.3 Å². The number of hydrogen-bond acceptors (Lipinski definition) is 2. The van der Waals surface area contributed by atoms with Gasteiger partial charge in [-0.15, -0.1) is 0 Å². The van der Waals surface area contributed by atoms with Crippen molar-refractivity contribution in [2.75, 3.05) is 0 Å². The molecule has 1 aromatic carbocycles. The first-order valence-corrected chi connectivity index (χ1v) is 5.44. The van der Waals surface area contributed by atoms with Crippen molar-refractivity contribution in [3.63, 3.8) is 0 Å². The molecular weight excluding hydrogens is 188 g/mol. The molecule has 1 aromatic rings. The Hall–Kier alpha value is -0.860. The lowest BCUT2D eigenvalue weighted by Crippen LogP contribution is -2.38. The molecule has 2 unspecified atom stereocenters. The number of hydrogen-bond donors (Lipinski definition) is 1. The number of ether oxygens (including phenoxy) is 1. The largest absolute Gasteiger partial charge is 0.387 e. The average molecular weight is 208 g/mol. The van der Waals surface area contributed by atoms with E-state index in [2.05, 4.69) is 0 Å². The lowest BCUT2D eigenvalue weighted by Gasteiger charge is -2.29. The van der Waals surface area contributed by atoms with E-state index in [0.29, 0.717) is 13.0 Å². The molecule has 1 N–H and O–H groups in total. The molecule has 0 heterocycles. The second-order valence-electron chi connectivity index (χ2n) is 4.15. The first-order valence-electron chi connectivity index (χ1n) is 5.44. The van der Waals surface area contributed by atoms with Crippen LogP contribution in [0, 0.1) is 0 Å². The van der Waals surface area contributed by atoms with E-state index in [9.17, 15) is 5.11 Å². The first-order chi connectivity index (χ1) is 7.06. The molecule has 84 valence electrons. The molecule has 15 heavy (non-hydrogen) atoms. The van der Waals surface area contributed by atoms with Crippen LogP contribution in [-0.2, 0) is 11.3 Å². The molecule has 0 saturated heterocycles. The molecule has 0 saturated carbocycles. The Morgan fingerprint density at radius 2 is 1.93 bits per heavy atom. The zero-order valence-corrected chi connectivity index (χ0v) is 9.73. The molecule has 0 aliphatic heterocycles. The van der Waals surface area contributed by atoms with Crippen molar-refractivity contribution >= 4 is 0 Å². The number of rotatable bonds is 5. The molecule has 0 aliphatic carbocycles. The van der Waals surface area contributed by atoms with E-state index < -0.39 is 5.60 Å². The molecule has 0 amide bonds. The van der Waals surface area contributed by atoms with Crippen LogP contribution in [0.5, 0.6) is 0 Å². The van der Waals surface area contributed by atoms with Crippen LogP contribution in [0.2, 0.25) is 0 Å². The topological polar surface area (TPSA) is 29.5 Å². The molecule has 0 radical (unpaired) electrons. The van der Waals surface area contributed by atoms with E-state index in [-0.39, 0.29) is 6.10 Å². The van der Waals surface area contributed by atoms with Crippen molar-refractivity contribution in [2.45, 2.75) is 45.5 Å². The van der Waals surface area contributed by atoms with Gasteiger partial charge in [-0.05, 0) is 25.8 Å². The minimum Gasteiger partial charge on any atom is -0.387 e. The van der Waals surface area contributed by atoms with Crippen molar-refractivity contribution in [2.24, 2.45) is 0 Å². The van der Waals surface area contributed by atoms with Gasteiger partial charge in [-0.3, -0.25) is 0 Å². The fourth-order valence-corrected chi connectivity index (χ4v) is 1.26. The fourth-order valence-electron chi connectivity index (χ4n) is 1.26. The zero-order chi connectivity index (χ0) is 11.3. The molecule has 2 heteroatoms. The summed E-state index contributed by atoms with van der Waals surface area (Å²) in [5, 5.41) is 9.94. The normalized spacial score (nSPS) is 17.1. The molecule has 2 nitrogen and oxygen atoms in total. The summed E-state index contributed by atoms with van der Waals surface area (Å²) >= 11 is 0. The maximum absolute atomic E-state index is 9.94. The van der Waals surface area contributed by atoms with Gasteiger partial charge in [0.1, 0.15) is 0 Å². The first kappa shape index (κ1) is 12.2. The highest BCUT2D eigenvalue weighted by Gasteiger charge is 2.26. The van der Waals surface area contributed by atoms with E-state index in [1.165, 1.54) is 0 Å². The van der Waals surface area contributed by atoms with Crippen LogP contribution < -0.4 is 0 Å². The highest BCUT2D eigenvalue weighted by atomic mass is 16.5. The maximum atomic E-state index is 9.94. The van der Waals surface area contributed by atoms with Crippen molar-refractivity contribution < 1.29 is 9.84 Å². The molecular formula is C13H20O2. The SMILES string of the molecule is CCC(C)(O)C(C)OCc1ccccc1. The van der Waals surface area contributed by atoms with Crippen molar-refractivity contribution in [1.82, 2.24) is 0 Å². The van der Waals surface area contributed by atoms with Gasteiger partial charge in [0.05, 0.1) is 18.3 Å². The molecule has 0 aromatic heterocycles. The third-order valence-corrected chi connectivity index (χ3v) is 2.93. The molecule has 1 rings (SSSR count). The Morgan fingerprint density at radius 1 is 1.33 bits per heavy atom. The highest BCUT2D eigenvalue weighted by Crippen LogP contribution is 2.18. The highest BCUT2D eigenvalue weighted by molar-refractivity contribution is 5.13. The van der Waals surface area contributed by atoms with E-state index in [0.717, 1.165) is 5.56 Å². The average Bonchev–Trinajstić information content (AvgIpc) is 2.27. The summed E-state index contributed by atoms with van der Waals surface area (Å²) in [6.07, 6.45) is 0.547. The van der Waals surface area contributed by atoms with Gasteiger partial charge in [0.2, 0.25) is 0 Å². The van der Waals surface area contributed by atoms with Gasteiger partial charge < -0.3 is 9.84 Å². The summed E-state index contributed by atoms with van der Waals surface area (Å²) in [7, 11) is 0. The Morgan fingerprint density at radius 3 is 2.47 bits per heavy atom. The molecule has 2 atom stereocenters. The van der Waals surface area contributed by atoms with Crippen LogP contribution in [0.1, 0.15) is 32.8 Å². The van der Waals surface area contributed by atoms with Gasteiger partial charge >= 0.3 is 0 Å². The Kier molecular flexibility index (Phi) is 4.30. The second-order valence-corrected chi connectivity index (χ2v) is 4.15. The summed E-state index contributed by atoms with van der Waals surface area (Å²) in [6, 6.07) is 10.00. The van der Waals surface area contributed by atoms with Crippen LogP contribution in [0.3, 0.4) is 0 Å². The molecule has 0 spiro atoms. The Bertz CT molecular complexity index is 280. The molecule has 0 bridgehead atoms. The summed E-state index contributed by atoms with van der Waals surface area (Å²) in [5.41, 5.74) is 0.394. The van der Waals surface area contributed by atoms with E-state index in [4.69, 9.17) is 4.74 Å². The summed E-state index contributed by atoms with van der Waals surface area (Å²) in [4.78, 5) is 0. The molecule has 0 fully saturated rings. The van der Waals surface area contributed by atoms with Crippen molar-refractivity contribution in [3.8, 4) is 0 Å². The summed E-state index contributed by atoms with van der Waals surface area (Å²) in [5.74, 6) is 0. The monoisotopic (exact) mass is 208 g/mol. The lowest BCUT2D eigenvalue weighted by molar-refractivity contribution is -0.0973. The van der Waals surface area contributed by atoms with E-state index in [1.807, 2.05) is 51.1 Å². The van der Waals surface area contributed by atoms with Gasteiger partial charge in [-0.25, -0.2) is 0 Å². The van der Waals surface area contributed by atoms with Crippen molar-refractivity contribution in [3.05, 3.63) is 35.9 Å². The van der Waals surface area contributed by atoms with E-state index >= 15 is 0 Å². The van der Waals surface area contributed by atoms with Crippen LogP contribution in [-0.4, -0.2) is 16.8 Å². The smallest absolute Gasteiger partial charge is 0.0875 e.